The third-order valence-corrected chi connectivity index (χ3v) is 1.71. The van der Waals surface area contributed by atoms with Gasteiger partial charge < -0.3 is 9.84 Å². The van der Waals surface area contributed by atoms with E-state index in [2.05, 4.69) is 4.74 Å². The molecule has 0 radical (unpaired) electrons. The van der Waals surface area contributed by atoms with Crippen molar-refractivity contribution in [3.05, 3.63) is 35.1 Å². The molecule has 80 valence electrons. The Hall–Kier alpha value is -1.91. The van der Waals surface area contributed by atoms with Crippen LogP contribution in [0, 0.1) is 5.82 Å². The summed E-state index contributed by atoms with van der Waals surface area (Å²) in [6, 6.07) is 3.03. The molecule has 4 nitrogen and oxygen atoms in total. The standard InChI is InChI=1S/C10H9FO4/c1-2-15-10(14)7-4-3-6(9(12)13)5-8(7)11/h3-5H,2H2,1H3,(H,12,13). The first-order valence-corrected chi connectivity index (χ1v) is 4.26. The van der Waals surface area contributed by atoms with Crippen LogP contribution in [0.3, 0.4) is 0 Å². The number of halogens is 1. The quantitative estimate of drug-likeness (QED) is 0.774. The molecule has 0 spiro atoms. The molecule has 0 bridgehead atoms. The Kier molecular flexibility index (Phi) is 3.38. The summed E-state index contributed by atoms with van der Waals surface area (Å²) < 4.78 is 17.8. The number of carbonyl (C=O) groups is 2. The van der Waals surface area contributed by atoms with Crippen molar-refractivity contribution in [2.24, 2.45) is 0 Å². The molecule has 0 amide bonds. The first-order chi connectivity index (χ1) is 7.06. The van der Waals surface area contributed by atoms with Crippen molar-refractivity contribution in [3.8, 4) is 0 Å². The summed E-state index contributed by atoms with van der Waals surface area (Å²) in [4.78, 5) is 21.6. The molecule has 0 unspecified atom stereocenters. The van der Waals surface area contributed by atoms with Gasteiger partial charge in [-0.05, 0) is 25.1 Å². The third kappa shape index (κ3) is 2.52. The molecule has 0 saturated carbocycles. The Balaban J connectivity index is 3.03. The fourth-order valence-corrected chi connectivity index (χ4v) is 1.02. The van der Waals surface area contributed by atoms with Gasteiger partial charge in [-0.1, -0.05) is 0 Å². The zero-order valence-electron chi connectivity index (χ0n) is 7.99. The smallest absolute Gasteiger partial charge is 0.341 e. The fraction of sp³-hybridized carbons (Fsp3) is 0.200. The van der Waals surface area contributed by atoms with Gasteiger partial charge in [0, 0.05) is 0 Å². The topological polar surface area (TPSA) is 63.6 Å². The van der Waals surface area contributed by atoms with Crippen molar-refractivity contribution in [1.29, 1.82) is 0 Å². The molecule has 1 rings (SSSR count). The highest BCUT2D eigenvalue weighted by Crippen LogP contribution is 2.11. The second-order valence-corrected chi connectivity index (χ2v) is 2.72. The zero-order valence-corrected chi connectivity index (χ0v) is 7.99. The average Bonchev–Trinajstić information content (AvgIpc) is 2.17. The van der Waals surface area contributed by atoms with Crippen LogP contribution in [0.15, 0.2) is 18.2 Å². The van der Waals surface area contributed by atoms with Crippen LogP contribution in [0.1, 0.15) is 27.6 Å². The number of carbonyl (C=O) groups excluding carboxylic acids is 1. The summed E-state index contributed by atoms with van der Waals surface area (Å²) in [7, 11) is 0. The molecule has 0 aliphatic rings. The number of carboxylic acids is 1. The lowest BCUT2D eigenvalue weighted by Gasteiger charge is -2.03. The van der Waals surface area contributed by atoms with E-state index in [-0.39, 0.29) is 17.7 Å². The number of benzene rings is 1. The van der Waals surface area contributed by atoms with E-state index in [9.17, 15) is 14.0 Å². The van der Waals surface area contributed by atoms with Gasteiger partial charge in [-0.15, -0.1) is 0 Å². The number of esters is 1. The van der Waals surface area contributed by atoms with Gasteiger partial charge in [0.05, 0.1) is 17.7 Å². The number of hydrogen-bond acceptors (Lipinski definition) is 3. The molecule has 0 atom stereocenters. The second kappa shape index (κ2) is 4.54. The van der Waals surface area contributed by atoms with Crippen molar-refractivity contribution in [1.82, 2.24) is 0 Å². The van der Waals surface area contributed by atoms with Gasteiger partial charge in [0.15, 0.2) is 0 Å². The van der Waals surface area contributed by atoms with E-state index in [1.807, 2.05) is 0 Å². The van der Waals surface area contributed by atoms with Crippen molar-refractivity contribution in [2.45, 2.75) is 6.92 Å². The molecule has 15 heavy (non-hydrogen) atoms. The van der Waals surface area contributed by atoms with E-state index in [4.69, 9.17) is 5.11 Å². The van der Waals surface area contributed by atoms with E-state index in [0.29, 0.717) is 0 Å². The van der Waals surface area contributed by atoms with Crippen LogP contribution < -0.4 is 0 Å². The normalized spacial score (nSPS) is 9.73. The highest BCUT2D eigenvalue weighted by Gasteiger charge is 2.14. The van der Waals surface area contributed by atoms with Crippen LogP contribution in [0.4, 0.5) is 4.39 Å². The number of ether oxygens (including phenoxy) is 1. The van der Waals surface area contributed by atoms with Crippen molar-refractivity contribution in [2.75, 3.05) is 6.61 Å². The Morgan fingerprint density at radius 2 is 2.13 bits per heavy atom. The summed E-state index contributed by atoms with van der Waals surface area (Å²) >= 11 is 0. The summed E-state index contributed by atoms with van der Waals surface area (Å²) in [5, 5.41) is 8.56. The predicted octanol–water partition coefficient (Wildman–Crippen LogP) is 1.70. The van der Waals surface area contributed by atoms with Crippen molar-refractivity contribution >= 4 is 11.9 Å². The van der Waals surface area contributed by atoms with Gasteiger partial charge in [-0.25, -0.2) is 14.0 Å². The SMILES string of the molecule is CCOC(=O)c1ccc(C(=O)O)cc1F. The lowest BCUT2D eigenvalue weighted by molar-refractivity contribution is 0.0519. The zero-order chi connectivity index (χ0) is 11.4. The number of hydrogen-bond donors (Lipinski definition) is 1. The van der Waals surface area contributed by atoms with Gasteiger partial charge in [0.25, 0.3) is 0 Å². The van der Waals surface area contributed by atoms with Gasteiger partial charge in [0.1, 0.15) is 5.82 Å². The van der Waals surface area contributed by atoms with Crippen LogP contribution in [-0.2, 0) is 4.74 Å². The maximum atomic E-state index is 13.2. The molecule has 0 saturated heterocycles. The summed E-state index contributed by atoms with van der Waals surface area (Å²) in [5.41, 5.74) is -0.470. The Labute approximate surface area is 85.3 Å². The first kappa shape index (κ1) is 11.2. The maximum Gasteiger partial charge on any atom is 0.341 e. The van der Waals surface area contributed by atoms with Crippen LogP contribution in [0.5, 0.6) is 0 Å². The number of aromatic carboxylic acids is 1. The molecule has 0 fully saturated rings. The van der Waals surface area contributed by atoms with E-state index in [1.54, 1.807) is 6.92 Å². The maximum absolute atomic E-state index is 13.2. The molecule has 1 aromatic carbocycles. The predicted molar refractivity (Wildman–Crippen MR) is 49.3 cm³/mol. The lowest BCUT2D eigenvalue weighted by Crippen LogP contribution is -2.08. The van der Waals surface area contributed by atoms with Crippen LogP contribution in [-0.4, -0.2) is 23.7 Å². The minimum atomic E-state index is -1.25. The molecule has 0 aliphatic carbocycles. The fourth-order valence-electron chi connectivity index (χ4n) is 1.02. The Bertz CT molecular complexity index is 400. The highest BCUT2D eigenvalue weighted by atomic mass is 19.1. The van der Waals surface area contributed by atoms with Gasteiger partial charge >= 0.3 is 11.9 Å². The van der Waals surface area contributed by atoms with E-state index in [0.717, 1.165) is 18.2 Å². The summed E-state index contributed by atoms with van der Waals surface area (Å²) in [6.45, 7) is 1.74. The van der Waals surface area contributed by atoms with Crippen molar-refractivity contribution in [3.63, 3.8) is 0 Å². The van der Waals surface area contributed by atoms with Gasteiger partial charge in [-0.2, -0.15) is 0 Å². The van der Waals surface area contributed by atoms with Gasteiger partial charge in [-0.3, -0.25) is 0 Å². The first-order valence-electron chi connectivity index (χ1n) is 4.26. The van der Waals surface area contributed by atoms with E-state index < -0.39 is 17.8 Å². The molecular weight excluding hydrogens is 203 g/mol. The minimum Gasteiger partial charge on any atom is -0.478 e. The molecule has 0 aromatic heterocycles. The summed E-state index contributed by atoms with van der Waals surface area (Å²) in [6.07, 6.45) is 0. The van der Waals surface area contributed by atoms with Crippen LogP contribution in [0.25, 0.3) is 0 Å². The average molecular weight is 212 g/mol. The largest absolute Gasteiger partial charge is 0.478 e. The molecule has 0 heterocycles. The number of carboxylic acid groups (broad SMARTS) is 1. The van der Waals surface area contributed by atoms with Crippen molar-refractivity contribution < 1.29 is 23.8 Å². The third-order valence-electron chi connectivity index (χ3n) is 1.71. The van der Waals surface area contributed by atoms with E-state index in [1.165, 1.54) is 0 Å². The highest BCUT2D eigenvalue weighted by molar-refractivity contribution is 5.92. The minimum absolute atomic E-state index is 0.138. The molecular formula is C10H9FO4. The Morgan fingerprint density at radius 1 is 1.47 bits per heavy atom. The molecule has 1 N–H and O–H groups in total. The summed E-state index contributed by atoms with van der Waals surface area (Å²) in [5.74, 6) is -2.94. The lowest BCUT2D eigenvalue weighted by atomic mass is 10.1. The molecule has 5 heteroatoms. The van der Waals surface area contributed by atoms with Gasteiger partial charge in [0.2, 0.25) is 0 Å². The van der Waals surface area contributed by atoms with Crippen LogP contribution in [0.2, 0.25) is 0 Å². The molecule has 1 aromatic rings. The molecule has 0 aliphatic heterocycles. The Morgan fingerprint density at radius 3 is 2.60 bits per heavy atom. The van der Waals surface area contributed by atoms with Crippen LogP contribution >= 0.6 is 0 Å². The van der Waals surface area contributed by atoms with E-state index >= 15 is 0 Å². The second-order valence-electron chi connectivity index (χ2n) is 2.72. The number of rotatable bonds is 3. The monoisotopic (exact) mass is 212 g/mol.